The van der Waals surface area contributed by atoms with Gasteiger partial charge in [-0.3, -0.25) is 4.79 Å². The van der Waals surface area contributed by atoms with Crippen LogP contribution in [0.25, 0.3) is 0 Å². The first kappa shape index (κ1) is 20.1. The molecule has 6 nitrogen and oxygen atoms in total. The number of carbonyl (C=O) groups is 1. The summed E-state index contributed by atoms with van der Waals surface area (Å²) in [5.74, 6) is -2.03. The van der Waals surface area contributed by atoms with E-state index in [1.165, 1.54) is 6.07 Å². The Balaban J connectivity index is 2.53. The summed E-state index contributed by atoms with van der Waals surface area (Å²) >= 11 is 12.3. The van der Waals surface area contributed by atoms with Crippen molar-refractivity contribution in [2.24, 2.45) is 0 Å². The van der Waals surface area contributed by atoms with E-state index in [0.717, 1.165) is 0 Å². The molecule has 0 bridgehead atoms. The van der Waals surface area contributed by atoms with Crippen molar-refractivity contribution in [3.8, 4) is 5.75 Å². The number of carboxylic acid groups (broad SMARTS) is 1. The maximum Gasteiger partial charge on any atom is 0.322 e. The number of phenols is 1. The van der Waals surface area contributed by atoms with E-state index >= 15 is 0 Å². The zero-order valence-electron chi connectivity index (χ0n) is 14.3. The van der Waals surface area contributed by atoms with Gasteiger partial charge < -0.3 is 20.4 Å². The molecule has 1 aromatic heterocycles. The number of carboxylic acids is 1. The molecule has 0 saturated heterocycles. The lowest BCUT2D eigenvalue weighted by Gasteiger charge is -2.24. The zero-order chi connectivity index (χ0) is 19.6. The van der Waals surface area contributed by atoms with Crippen molar-refractivity contribution in [1.29, 1.82) is 0 Å². The second-order valence-corrected chi connectivity index (χ2v) is 6.69. The number of aromatic nitrogens is 1. The van der Waals surface area contributed by atoms with Crippen molar-refractivity contribution in [2.75, 3.05) is 23.8 Å². The molecule has 0 amide bonds. The van der Waals surface area contributed by atoms with Gasteiger partial charge in [0.25, 0.3) is 0 Å². The molecule has 0 saturated carbocycles. The third kappa shape index (κ3) is 4.11. The highest BCUT2D eigenvalue weighted by atomic mass is 35.5. The number of halogens is 3. The van der Waals surface area contributed by atoms with Gasteiger partial charge in [-0.05, 0) is 29.7 Å². The van der Waals surface area contributed by atoms with Gasteiger partial charge >= 0.3 is 5.97 Å². The Morgan fingerprint density at radius 2 is 2.00 bits per heavy atom. The first-order valence-electron chi connectivity index (χ1n) is 7.70. The Morgan fingerprint density at radius 1 is 1.35 bits per heavy atom. The third-order valence-corrected chi connectivity index (χ3v) is 4.47. The normalized spacial score (nSPS) is 10.9. The van der Waals surface area contributed by atoms with Crippen LogP contribution in [0.15, 0.2) is 18.2 Å². The van der Waals surface area contributed by atoms with Gasteiger partial charge in [-0.15, -0.1) is 0 Å². The van der Waals surface area contributed by atoms with Gasteiger partial charge in [0.05, 0.1) is 5.69 Å². The van der Waals surface area contributed by atoms with Crippen LogP contribution in [0.1, 0.15) is 25.3 Å². The standard InChI is InChI=1S/C17H18Cl2FN3O3/c1-8(2)10-6-9(4-5-11(10)24)23(3)15-13(18)16(20)22-17(14(15)19)21-7-12(25)26/h4-6,8,24H,7H2,1-3H3,(H,21,22)(H,25,26). The van der Waals surface area contributed by atoms with E-state index in [2.05, 4.69) is 10.3 Å². The number of rotatable bonds is 6. The van der Waals surface area contributed by atoms with E-state index in [4.69, 9.17) is 28.3 Å². The Bertz CT molecular complexity index is 846. The first-order chi connectivity index (χ1) is 12.1. The molecule has 0 aliphatic carbocycles. The SMILES string of the molecule is CC(C)c1cc(N(C)c2c(Cl)c(F)nc(NCC(=O)O)c2Cl)ccc1O. The number of phenolic OH excluding ortho intramolecular Hbond substituents is 1. The predicted octanol–water partition coefficient (Wildman–Crippen LogP) is 4.62. The molecule has 0 aliphatic heterocycles. The van der Waals surface area contributed by atoms with Gasteiger partial charge in [0.15, 0.2) is 5.82 Å². The Morgan fingerprint density at radius 3 is 2.58 bits per heavy atom. The van der Waals surface area contributed by atoms with Gasteiger partial charge in [0.2, 0.25) is 5.95 Å². The minimum Gasteiger partial charge on any atom is -0.508 e. The highest BCUT2D eigenvalue weighted by molar-refractivity contribution is 6.40. The summed E-state index contributed by atoms with van der Waals surface area (Å²) in [7, 11) is 1.63. The van der Waals surface area contributed by atoms with Crippen LogP contribution in [-0.4, -0.2) is 34.8 Å². The number of benzene rings is 1. The quantitative estimate of drug-likeness (QED) is 0.612. The summed E-state index contributed by atoms with van der Waals surface area (Å²) in [5.41, 5.74) is 1.46. The van der Waals surface area contributed by atoms with E-state index < -0.39 is 18.5 Å². The molecule has 0 radical (unpaired) electrons. The van der Waals surface area contributed by atoms with Crippen molar-refractivity contribution in [2.45, 2.75) is 19.8 Å². The fourth-order valence-electron chi connectivity index (χ4n) is 2.42. The molecular formula is C17H18Cl2FN3O3. The summed E-state index contributed by atoms with van der Waals surface area (Å²) in [6.45, 7) is 3.38. The van der Waals surface area contributed by atoms with Gasteiger partial charge in [-0.1, -0.05) is 37.0 Å². The maximum atomic E-state index is 14.1. The molecule has 2 aromatic rings. The topological polar surface area (TPSA) is 85.7 Å². The van der Waals surface area contributed by atoms with E-state index in [1.54, 1.807) is 24.1 Å². The highest BCUT2D eigenvalue weighted by Gasteiger charge is 2.22. The number of anilines is 3. The van der Waals surface area contributed by atoms with Crippen LogP contribution in [0.4, 0.5) is 21.6 Å². The second kappa shape index (κ2) is 7.97. The van der Waals surface area contributed by atoms with E-state index in [-0.39, 0.29) is 33.2 Å². The summed E-state index contributed by atoms with van der Waals surface area (Å²) in [4.78, 5) is 15.8. The molecule has 3 N–H and O–H groups in total. The molecule has 26 heavy (non-hydrogen) atoms. The number of aliphatic carboxylic acids is 1. The van der Waals surface area contributed by atoms with Gasteiger partial charge in [0.1, 0.15) is 22.3 Å². The summed E-state index contributed by atoms with van der Waals surface area (Å²) in [5, 5.41) is 20.9. The molecule has 1 aromatic carbocycles. The van der Waals surface area contributed by atoms with E-state index in [9.17, 15) is 14.3 Å². The lowest BCUT2D eigenvalue weighted by atomic mass is 10.0. The Labute approximate surface area is 160 Å². The fraction of sp³-hybridized carbons (Fsp3) is 0.294. The van der Waals surface area contributed by atoms with Gasteiger partial charge in [-0.25, -0.2) is 0 Å². The smallest absolute Gasteiger partial charge is 0.322 e. The zero-order valence-corrected chi connectivity index (χ0v) is 15.9. The number of nitrogens with zero attached hydrogens (tertiary/aromatic N) is 2. The molecule has 1 heterocycles. The van der Waals surface area contributed by atoms with Crippen LogP contribution in [0, 0.1) is 5.95 Å². The molecule has 0 atom stereocenters. The van der Waals surface area contributed by atoms with Crippen molar-refractivity contribution in [3.05, 3.63) is 39.8 Å². The van der Waals surface area contributed by atoms with Crippen LogP contribution < -0.4 is 10.2 Å². The monoisotopic (exact) mass is 401 g/mol. The summed E-state index contributed by atoms with van der Waals surface area (Å²) in [6, 6.07) is 4.91. The fourth-order valence-corrected chi connectivity index (χ4v) is 3.06. The van der Waals surface area contributed by atoms with Crippen molar-refractivity contribution in [1.82, 2.24) is 4.98 Å². The summed E-state index contributed by atoms with van der Waals surface area (Å²) < 4.78 is 14.1. The largest absolute Gasteiger partial charge is 0.508 e. The Hall–Kier alpha value is -2.25. The van der Waals surface area contributed by atoms with Crippen LogP contribution in [0.2, 0.25) is 10.0 Å². The number of hydrogen-bond donors (Lipinski definition) is 3. The van der Waals surface area contributed by atoms with Crippen LogP contribution in [0.5, 0.6) is 5.75 Å². The van der Waals surface area contributed by atoms with Crippen molar-refractivity contribution >= 4 is 46.4 Å². The third-order valence-electron chi connectivity index (χ3n) is 3.78. The number of pyridine rings is 1. The molecule has 2 rings (SSSR count). The molecule has 0 unspecified atom stereocenters. The first-order valence-corrected chi connectivity index (χ1v) is 8.45. The molecular weight excluding hydrogens is 384 g/mol. The molecule has 0 spiro atoms. The van der Waals surface area contributed by atoms with Crippen LogP contribution in [0.3, 0.4) is 0 Å². The van der Waals surface area contributed by atoms with Crippen molar-refractivity contribution < 1.29 is 19.4 Å². The Kier molecular flexibility index (Phi) is 6.15. The molecule has 0 fully saturated rings. The summed E-state index contributed by atoms with van der Waals surface area (Å²) in [6.07, 6.45) is 0. The second-order valence-electron chi connectivity index (χ2n) is 5.93. The predicted molar refractivity (Wildman–Crippen MR) is 101 cm³/mol. The average Bonchev–Trinajstić information content (AvgIpc) is 2.57. The molecule has 140 valence electrons. The average molecular weight is 402 g/mol. The molecule has 9 heteroatoms. The van der Waals surface area contributed by atoms with Crippen molar-refractivity contribution in [3.63, 3.8) is 0 Å². The van der Waals surface area contributed by atoms with Gasteiger partial charge in [-0.2, -0.15) is 9.37 Å². The maximum absolute atomic E-state index is 14.1. The molecule has 0 aliphatic rings. The van der Waals surface area contributed by atoms with Crippen LogP contribution in [-0.2, 0) is 4.79 Å². The minimum absolute atomic E-state index is 0.0145. The van der Waals surface area contributed by atoms with E-state index in [1.807, 2.05) is 13.8 Å². The lowest BCUT2D eigenvalue weighted by molar-refractivity contribution is -0.134. The van der Waals surface area contributed by atoms with E-state index in [0.29, 0.717) is 11.3 Å². The lowest BCUT2D eigenvalue weighted by Crippen LogP contribution is -2.17. The minimum atomic E-state index is -1.15. The highest BCUT2D eigenvalue weighted by Crippen LogP contribution is 2.42. The number of nitrogens with one attached hydrogen (secondary N) is 1. The number of hydrogen-bond acceptors (Lipinski definition) is 5. The van der Waals surface area contributed by atoms with Crippen LogP contribution >= 0.6 is 23.2 Å². The number of aromatic hydroxyl groups is 1. The van der Waals surface area contributed by atoms with Gasteiger partial charge in [0, 0.05) is 12.7 Å².